The molecule has 146 valence electrons. The Kier molecular flexibility index (Phi) is 5.59. The molecule has 1 aromatic heterocycles. The molecule has 1 N–H and O–H groups in total. The molecule has 28 heavy (non-hydrogen) atoms. The van der Waals surface area contributed by atoms with Gasteiger partial charge in [-0.15, -0.1) is 0 Å². The number of ether oxygens (including phenoxy) is 1. The molecule has 0 amide bonds. The Balaban J connectivity index is 1.70. The van der Waals surface area contributed by atoms with Gasteiger partial charge in [-0.25, -0.2) is 8.42 Å². The second kappa shape index (κ2) is 8.09. The molecule has 1 heterocycles. The molecule has 0 saturated heterocycles. The van der Waals surface area contributed by atoms with Gasteiger partial charge in [0.25, 0.3) is 15.7 Å². The lowest BCUT2D eigenvalue weighted by Gasteiger charge is -2.11. The molecular weight excluding hydrogens is 384 g/mol. The first-order valence-corrected chi connectivity index (χ1v) is 9.81. The van der Waals surface area contributed by atoms with E-state index in [-0.39, 0.29) is 16.1 Å². The maximum Gasteiger partial charge on any atom is 0.272 e. The minimum atomic E-state index is -3.89. The smallest absolute Gasteiger partial charge is 0.272 e. The zero-order valence-electron chi connectivity index (χ0n) is 15.0. The van der Waals surface area contributed by atoms with Crippen LogP contribution in [0.25, 0.3) is 0 Å². The number of hydrogen-bond acceptors (Lipinski definition) is 6. The minimum absolute atomic E-state index is 0.0550. The highest BCUT2D eigenvalue weighted by Crippen LogP contribution is 2.24. The van der Waals surface area contributed by atoms with Crippen LogP contribution < -0.4 is 9.46 Å². The summed E-state index contributed by atoms with van der Waals surface area (Å²) in [5, 5.41) is 15.0. The molecule has 0 radical (unpaired) electrons. The number of nitro benzene ring substituents is 1. The summed E-state index contributed by atoms with van der Waals surface area (Å²) in [4.78, 5) is 10.3. The Bertz CT molecular complexity index is 1080. The molecule has 9 nitrogen and oxygen atoms in total. The van der Waals surface area contributed by atoms with Crippen LogP contribution in [0.4, 0.5) is 11.4 Å². The Morgan fingerprint density at radius 1 is 1.21 bits per heavy atom. The normalized spacial score (nSPS) is 11.2. The lowest BCUT2D eigenvalue weighted by molar-refractivity contribution is -0.385. The molecular formula is C18H18N4O5S. The van der Waals surface area contributed by atoms with Crippen molar-refractivity contribution in [3.8, 4) is 5.75 Å². The number of anilines is 1. The van der Waals surface area contributed by atoms with Crippen molar-refractivity contribution >= 4 is 21.4 Å². The van der Waals surface area contributed by atoms with Crippen molar-refractivity contribution in [3.05, 3.63) is 76.6 Å². The molecule has 0 unspecified atom stereocenters. The predicted molar refractivity (Wildman–Crippen MR) is 103 cm³/mol. The van der Waals surface area contributed by atoms with E-state index in [1.807, 2.05) is 12.3 Å². The Labute approximate surface area is 161 Å². The number of rotatable bonds is 8. The first-order valence-electron chi connectivity index (χ1n) is 8.33. The number of sulfonamides is 1. The Hall–Kier alpha value is -3.40. The van der Waals surface area contributed by atoms with Crippen LogP contribution in [-0.4, -0.2) is 29.7 Å². The van der Waals surface area contributed by atoms with Gasteiger partial charge in [0.05, 0.1) is 22.1 Å². The summed E-state index contributed by atoms with van der Waals surface area (Å²) in [5.74, 6) is 0.507. The summed E-state index contributed by atoms with van der Waals surface area (Å²) in [6, 6.07) is 12.0. The van der Waals surface area contributed by atoms with Gasteiger partial charge in [-0.3, -0.25) is 19.5 Å². The third kappa shape index (κ3) is 4.65. The minimum Gasteiger partial charge on any atom is -0.492 e. The zero-order valence-corrected chi connectivity index (χ0v) is 15.8. The van der Waals surface area contributed by atoms with Gasteiger partial charge < -0.3 is 4.74 Å². The number of aromatic nitrogens is 2. The average molecular weight is 402 g/mol. The van der Waals surface area contributed by atoms with Crippen molar-refractivity contribution in [1.82, 2.24) is 9.78 Å². The molecule has 0 fully saturated rings. The molecule has 0 aliphatic carbocycles. The van der Waals surface area contributed by atoms with Gasteiger partial charge in [0.2, 0.25) is 0 Å². The van der Waals surface area contributed by atoms with E-state index < -0.39 is 14.9 Å². The number of aryl methyl sites for hydroxylation is 1. The highest BCUT2D eigenvalue weighted by molar-refractivity contribution is 7.92. The Morgan fingerprint density at radius 2 is 2.04 bits per heavy atom. The summed E-state index contributed by atoms with van der Waals surface area (Å²) >= 11 is 0. The average Bonchev–Trinajstić information content (AvgIpc) is 3.15. The fourth-order valence-corrected chi connectivity index (χ4v) is 3.69. The van der Waals surface area contributed by atoms with Crippen LogP contribution in [0, 0.1) is 17.0 Å². The van der Waals surface area contributed by atoms with E-state index in [0.29, 0.717) is 24.6 Å². The van der Waals surface area contributed by atoms with Crippen molar-refractivity contribution in [3.63, 3.8) is 0 Å². The third-order valence-corrected chi connectivity index (χ3v) is 5.29. The van der Waals surface area contributed by atoms with Crippen LogP contribution in [0.2, 0.25) is 0 Å². The maximum atomic E-state index is 12.6. The number of benzene rings is 2. The molecule has 0 saturated carbocycles. The van der Waals surface area contributed by atoms with Crippen molar-refractivity contribution < 1.29 is 18.1 Å². The van der Waals surface area contributed by atoms with Crippen LogP contribution in [0.5, 0.6) is 5.75 Å². The van der Waals surface area contributed by atoms with Crippen LogP contribution in [-0.2, 0) is 16.6 Å². The van der Waals surface area contributed by atoms with Gasteiger partial charge in [-0.1, -0.05) is 6.07 Å². The lowest BCUT2D eigenvalue weighted by atomic mass is 10.2. The van der Waals surface area contributed by atoms with Crippen LogP contribution in [0.3, 0.4) is 0 Å². The number of nitrogens with one attached hydrogen (secondary N) is 1. The predicted octanol–water partition coefficient (Wildman–Crippen LogP) is 2.98. The molecule has 3 aromatic rings. The summed E-state index contributed by atoms with van der Waals surface area (Å²) in [7, 11) is -3.89. The second-order valence-electron chi connectivity index (χ2n) is 5.96. The SMILES string of the molecule is Cc1cc(S(=O)(=O)Nc2cccc(OCCn3cccn3)c2)ccc1[N+](=O)[O-]. The van der Waals surface area contributed by atoms with E-state index in [1.54, 1.807) is 35.1 Å². The van der Waals surface area contributed by atoms with Gasteiger partial charge in [0.15, 0.2) is 0 Å². The van der Waals surface area contributed by atoms with E-state index in [1.165, 1.54) is 25.1 Å². The molecule has 0 aliphatic rings. The lowest BCUT2D eigenvalue weighted by Crippen LogP contribution is -2.13. The van der Waals surface area contributed by atoms with E-state index in [2.05, 4.69) is 9.82 Å². The van der Waals surface area contributed by atoms with Gasteiger partial charge in [0, 0.05) is 30.1 Å². The largest absolute Gasteiger partial charge is 0.492 e. The first-order chi connectivity index (χ1) is 13.3. The standard InChI is InChI=1S/C18H18N4O5S/c1-14-12-17(6-7-18(14)22(23)24)28(25,26)20-15-4-2-5-16(13-15)27-11-10-21-9-3-8-19-21/h2-9,12-13,20H,10-11H2,1H3. The fraction of sp³-hybridized carbons (Fsp3) is 0.167. The van der Waals surface area contributed by atoms with Crippen LogP contribution in [0.1, 0.15) is 5.56 Å². The van der Waals surface area contributed by atoms with Gasteiger partial charge in [0.1, 0.15) is 12.4 Å². The van der Waals surface area contributed by atoms with Gasteiger partial charge in [-0.2, -0.15) is 5.10 Å². The summed E-state index contributed by atoms with van der Waals surface area (Å²) in [6.07, 6.45) is 3.50. The number of nitro groups is 1. The van der Waals surface area contributed by atoms with Crippen molar-refractivity contribution in [2.24, 2.45) is 0 Å². The first kappa shape index (κ1) is 19.4. The monoisotopic (exact) mass is 402 g/mol. The van der Waals surface area contributed by atoms with Crippen molar-refractivity contribution in [2.75, 3.05) is 11.3 Å². The molecule has 0 bridgehead atoms. The van der Waals surface area contributed by atoms with Gasteiger partial charge >= 0.3 is 0 Å². The highest BCUT2D eigenvalue weighted by Gasteiger charge is 2.19. The Morgan fingerprint density at radius 3 is 2.71 bits per heavy atom. The van der Waals surface area contributed by atoms with Crippen LogP contribution in [0.15, 0.2) is 65.8 Å². The van der Waals surface area contributed by atoms with E-state index in [9.17, 15) is 18.5 Å². The molecule has 3 rings (SSSR count). The third-order valence-electron chi connectivity index (χ3n) is 3.91. The quantitative estimate of drug-likeness (QED) is 0.457. The van der Waals surface area contributed by atoms with Crippen molar-refractivity contribution in [1.29, 1.82) is 0 Å². The maximum absolute atomic E-state index is 12.6. The van der Waals surface area contributed by atoms with E-state index >= 15 is 0 Å². The molecule has 0 atom stereocenters. The topological polar surface area (TPSA) is 116 Å². The molecule has 2 aromatic carbocycles. The highest BCUT2D eigenvalue weighted by atomic mass is 32.2. The summed E-state index contributed by atoms with van der Waals surface area (Å²) in [6.45, 7) is 2.43. The molecule has 0 aliphatic heterocycles. The summed E-state index contributed by atoms with van der Waals surface area (Å²) < 4.78 is 35.0. The van der Waals surface area contributed by atoms with E-state index in [4.69, 9.17) is 4.74 Å². The molecule has 0 spiro atoms. The number of hydrogen-bond donors (Lipinski definition) is 1. The second-order valence-corrected chi connectivity index (χ2v) is 7.64. The summed E-state index contributed by atoms with van der Waals surface area (Å²) in [5.41, 5.74) is 0.461. The fourth-order valence-electron chi connectivity index (χ4n) is 2.55. The number of nitrogens with zero attached hydrogens (tertiary/aromatic N) is 3. The van der Waals surface area contributed by atoms with Gasteiger partial charge in [-0.05, 0) is 37.3 Å². The zero-order chi connectivity index (χ0) is 20.1. The van der Waals surface area contributed by atoms with E-state index in [0.717, 1.165) is 0 Å². The van der Waals surface area contributed by atoms with Crippen molar-refractivity contribution in [2.45, 2.75) is 18.4 Å². The van der Waals surface area contributed by atoms with Crippen LogP contribution >= 0.6 is 0 Å². The molecule has 10 heteroatoms.